The molecule has 0 saturated carbocycles. The van der Waals surface area contributed by atoms with Gasteiger partial charge in [-0.15, -0.1) is 0 Å². The Labute approximate surface area is 186 Å². The summed E-state index contributed by atoms with van der Waals surface area (Å²) in [5, 5.41) is 4.08. The molecular weight excluding hydrogens is 410 g/mol. The van der Waals surface area contributed by atoms with Gasteiger partial charge in [-0.2, -0.15) is 0 Å². The van der Waals surface area contributed by atoms with E-state index in [-0.39, 0.29) is 11.5 Å². The molecule has 1 aromatic heterocycles. The highest BCUT2D eigenvalue weighted by Crippen LogP contribution is 2.28. The first-order valence-corrected chi connectivity index (χ1v) is 10.6. The average Bonchev–Trinajstić information content (AvgIpc) is 2.84. The minimum atomic E-state index is -0.228. The molecule has 0 unspecified atom stereocenters. The Balaban J connectivity index is 1.69. The Hall–Kier alpha value is -3.36. The normalized spacial score (nSPS) is 14.3. The fourth-order valence-corrected chi connectivity index (χ4v) is 3.88. The lowest BCUT2D eigenvalue weighted by Crippen LogP contribution is -2.41. The van der Waals surface area contributed by atoms with Gasteiger partial charge in [-0.1, -0.05) is 18.2 Å². The first-order chi connectivity index (χ1) is 15.6. The van der Waals surface area contributed by atoms with Gasteiger partial charge < -0.3 is 19.5 Å². The Bertz CT molecular complexity index is 1170. The molecule has 3 aromatic rings. The van der Waals surface area contributed by atoms with Crippen molar-refractivity contribution in [1.82, 2.24) is 14.8 Å². The molecule has 168 valence electrons. The Kier molecular flexibility index (Phi) is 6.72. The summed E-state index contributed by atoms with van der Waals surface area (Å²) in [5.41, 5.74) is 0.736. The Morgan fingerprint density at radius 2 is 1.81 bits per heavy atom. The number of carbonyl (C=O) groups is 1. The van der Waals surface area contributed by atoms with Crippen LogP contribution in [0, 0.1) is 0 Å². The van der Waals surface area contributed by atoms with Crippen molar-refractivity contribution in [2.45, 2.75) is 0 Å². The van der Waals surface area contributed by atoms with Gasteiger partial charge in [0.1, 0.15) is 11.5 Å². The zero-order chi connectivity index (χ0) is 22.5. The van der Waals surface area contributed by atoms with E-state index in [2.05, 4.69) is 10.2 Å². The van der Waals surface area contributed by atoms with Crippen LogP contribution in [0.1, 0.15) is 10.4 Å². The quantitative estimate of drug-likeness (QED) is 0.610. The summed E-state index contributed by atoms with van der Waals surface area (Å²) in [6.45, 7) is 4.42. The van der Waals surface area contributed by atoms with E-state index in [0.29, 0.717) is 53.3 Å². The van der Waals surface area contributed by atoms with E-state index in [1.165, 1.54) is 11.7 Å². The van der Waals surface area contributed by atoms with Crippen molar-refractivity contribution in [3.63, 3.8) is 0 Å². The third-order valence-electron chi connectivity index (χ3n) is 5.63. The topological polar surface area (TPSA) is 82.0 Å². The van der Waals surface area contributed by atoms with Crippen LogP contribution in [0.15, 0.2) is 53.5 Å². The average molecular weight is 437 g/mol. The van der Waals surface area contributed by atoms with Crippen LogP contribution in [0.2, 0.25) is 0 Å². The second kappa shape index (κ2) is 9.84. The van der Waals surface area contributed by atoms with Crippen LogP contribution >= 0.6 is 0 Å². The van der Waals surface area contributed by atoms with Gasteiger partial charge in [0.15, 0.2) is 0 Å². The number of pyridine rings is 1. The van der Waals surface area contributed by atoms with Crippen molar-refractivity contribution < 1.29 is 19.0 Å². The number of amides is 1. The number of fused-ring (bicyclic) bond motifs is 1. The molecule has 0 bridgehead atoms. The largest absolute Gasteiger partial charge is 0.497 e. The number of carbonyl (C=O) groups excluding carboxylic acids is 1. The molecule has 32 heavy (non-hydrogen) atoms. The number of hydrogen-bond acceptors (Lipinski definition) is 6. The number of hydrogen-bond donors (Lipinski definition) is 1. The van der Waals surface area contributed by atoms with Crippen molar-refractivity contribution in [1.29, 1.82) is 0 Å². The number of methoxy groups -OCH3 is 2. The van der Waals surface area contributed by atoms with Gasteiger partial charge in [0.05, 0.1) is 38.7 Å². The summed E-state index contributed by atoms with van der Waals surface area (Å²) in [6.07, 6.45) is 1.58. The molecule has 1 aliphatic rings. The summed E-state index contributed by atoms with van der Waals surface area (Å²) in [7, 11) is 3.10. The maximum absolute atomic E-state index is 13.3. The molecule has 1 aliphatic heterocycles. The van der Waals surface area contributed by atoms with Crippen molar-refractivity contribution in [3.05, 3.63) is 64.6 Å². The fraction of sp³-hybridized carbons (Fsp3) is 0.333. The van der Waals surface area contributed by atoms with Crippen molar-refractivity contribution in [2.24, 2.45) is 0 Å². The van der Waals surface area contributed by atoms with Crippen molar-refractivity contribution >= 4 is 16.7 Å². The standard InChI is InChI=1S/C24H27N3O5/c1-30-17-7-8-21(22(15-17)31-2)27-16-20(18-5-3-4-6-19(18)24(27)29)23(28)25-9-10-26-11-13-32-14-12-26/h3-8,15-16H,9-14H2,1-2H3,(H,25,28). The van der Waals surface area contributed by atoms with Gasteiger partial charge in [0, 0.05) is 49.2 Å². The molecule has 0 radical (unpaired) electrons. The third-order valence-corrected chi connectivity index (χ3v) is 5.63. The molecule has 8 heteroatoms. The van der Waals surface area contributed by atoms with Gasteiger partial charge in [-0.05, 0) is 18.2 Å². The molecule has 1 saturated heterocycles. The van der Waals surface area contributed by atoms with E-state index in [0.717, 1.165) is 19.6 Å². The van der Waals surface area contributed by atoms with Crippen LogP contribution in [0.4, 0.5) is 0 Å². The van der Waals surface area contributed by atoms with Crippen molar-refractivity contribution in [2.75, 3.05) is 53.6 Å². The number of morpholine rings is 1. The van der Waals surface area contributed by atoms with Crippen LogP contribution in [0.5, 0.6) is 11.5 Å². The number of ether oxygens (including phenoxy) is 3. The number of nitrogens with zero attached hydrogens (tertiary/aromatic N) is 2. The van der Waals surface area contributed by atoms with E-state index < -0.39 is 0 Å². The second-order valence-electron chi connectivity index (χ2n) is 7.51. The minimum Gasteiger partial charge on any atom is -0.497 e. The van der Waals surface area contributed by atoms with Gasteiger partial charge in [0.2, 0.25) is 0 Å². The van der Waals surface area contributed by atoms with E-state index >= 15 is 0 Å². The summed E-state index contributed by atoms with van der Waals surface area (Å²) in [6, 6.07) is 12.3. The molecule has 1 N–H and O–H groups in total. The summed E-state index contributed by atoms with van der Waals surface area (Å²) in [5.74, 6) is 0.858. The number of aromatic nitrogens is 1. The molecule has 2 aromatic carbocycles. The molecule has 1 amide bonds. The maximum Gasteiger partial charge on any atom is 0.263 e. The zero-order valence-corrected chi connectivity index (χ0v) is 18.3. The van der Waals surface area contributed by atoms with E-state index in [4.69, 9.17) is 14.2 Å². The molecule has 0 atom stereocenters. The molecular formula is C24H27N3O5. The highest BCUT2D eigenvalue weighted by molar-refractivity contribution is 6.06. The Morgan fingerprint density at radius 3 is 2.53 bits per heavy atom. The van der Waals surface area contributed by atoms with E-state index in [9.17, 15) is 9.59 Å². The number of nitrogens with one attached hydrogen (secondary N) is 1. The van der Waals surface area contributed by atoms with Crippen LogP contribution in [0.25, 0.3) is 16.5 Å². The highest BCUT2D eigenvalue weighted by atomic mass is 16.5. The SMILES string of the molecule is COc1ccc(-n2cc(C(=O)NCCN3CCOCC3)c3ccccc3c2=O)c(OC)c1. The lowest BCUT2D eigenvalue weighted by molar-refractivity contribution is 0.0383. The lowest BCUT2D eigenvalue weighted by Gasteiger charge is -2.26. The monoisotopic (exact) mass is 437 g/mol. The molecule has 0 spiro atoms. The zero-order valence-electron chi connectivity index (χ0n) is 18.3. The first-order valence-electron chi connectivity index (χ1n) is 10.6. The van der Waals surface area contributed by atoms with Gasteiger partial charge >= 0.3 is 0 Å². The van der Waals surface area contributed by atoms with Gasteiger partial charge in [-0.3, -0.25) is 19.1 Å². The van der Waals surface area contributed by atoms with Crippen LogP contribution in [-0.4, -0.2) is 69.0 Å². The molecule has 8 nitrogen and oxygen atoms in total. The first kappa shape index (κ1) is 21.9. The van der Waals surface area contributed by atoms with Crippen LogP contribution in [0.3, 0.4) is 0 Å². The highest BCUT2D eigenvalue weighted by Gasteiger charge is 2.18. The van der Waals surface area contributed by atoms with Gasteiger partial charge in [0.25, 0.3) is 11.5 Å². The predicted octanol–water partition coefficient (Wildman–Crippen LogP) is 2.07. The summed E-state index contributed by atoms with van der Waals surface area (Å²) in [4.78, 5) is 28.7. The summed E-state index contributed by atoms with van der Waals surface area (Å²) >= 11 is 0. The molecule has 1 fully saturated rings. The van der Waals surface area contributed by atoms with Crippen LogP contribution < -0.4 is 20.3 Å². The lowest BCUT2D eigenvalue weighted by atomic mass is 10.1. The van der Waals surface area contributed by atoms with Gasteiger partial charge in [-0.25, -0.2) is 0 Å². The Morgan fingerprint density at radius 1 is 1.06 bits per heavy atom. The minimum absolute atomic E-state index is 0.226. The maximum atomic E-state index is 13.3. The van der Waals surface area contributed by atoms with E-state index in [1.807, 2.05) is 6.07 Å². The van der Waals surface area contributed by atoms with Crippen molar-refractivity contribution in [3.8, 4) is 17.2 Å². The predicted molar refractivity (Wildman–Crippen MR) is 122 cm³/mol. The molecule has 4 rings (SSSR count). The number of benzene rings is 2. The molecule has 2 heterocycles. The van der Waals surface area contributed by atoms with Crippen LogP contribution in [-0.2, 0) is 4.74 Å². The summed E-state index contributed by atoms with van der Waals surface area (Å²) < 4.78 is 17.6. The second-order valence-corrected chi connectivity index (χ2v) is 7.51. The van der Waals surface area contributed by atoms with E-state index in [1.54, 1.807) is 49.7 Å². The smallest absolute Gasteiger partial charge is 0.263 e. The fourth-order valence-electron chi connectivity index (χ4n) is 3.88. The number of rotatable bonds is 7. The molecule has 0 aliphatic carbocycles. The third kappa shape index (κ3) is 4.46.